The molecule has 1 heterocycles. The van der Waals surface area contributed by atoms with Gasteiger partial charge in [0.25, 0.3) is 0 Å². The quantitative estimate of drug-likeness (QED) is 0.0495. The van der Waals surface area contributed by atoms with E-state index in [1.807, 2.05) is 27.7 Å². The second-order valence-electron chi connectivity index (χ2n) is 17.8. The molecule has 0 bridgehead atoms. The minimum absolute atomic E-state index is 0.0712. The van der Waals surface area contributed by atoms with Crippen LogP contribution in [0.15, 0.2) is 0 Å². The summed E-state index contributed by atoms with van der Waals surface area (Å²) in [6, 6.07) is -5.18. The van der Waals surface area contributed by atoms with Crippen LogP contribution in [0.2, 0.25) is 0 Å². The van der Waals surface area contributed by atoms with Crippen molar-refractivity contribution in [2.45, 2.75) is 206 Å². The van der Waals surface area contributed by atoms with E-state index in [2.05, 4.69) is 33.5 Å². The minimum Gasteiger partial charge on any atom is -0.394 e. The maximum atomic E-state index is 13.8. The number of carbonyl (C=O) groups is 7. The molecule has 6 atom stereocenters. The van der Waals surface area contributed by atoms with E-state index in [0.29, 0.717) is 12.8 Å². The van der Waals surface area contributed by atoms with Crippen molar-refractivity contribution in [2.75, 3.05) is 13.2 Å². The number of carbonyl (C=O) groups excluding carboxylic acids is 7. The normalized spacial score (nSPS) is 17.5. The summed E-state index contributed by atoms with van der Waals surface area (Å²) in [5, 5.41) is 33.7. The molecule has 0 aromatic heterocycles. The maximum Gasteiger partial charge on any atom is 0.248 e. The highest BCUT2D eigenvalue weighted by Gasteiger charge is 2.45. The number of aliphatic hydroxyl groups is 2. The summed E-state index contributed by atoms with van der Waals surface area (Å²) in [6.07, 6.45) is 12.2. The summed E-state index contributed by atoms with van der Waals surface area (Å²) < 4.78 is 0. The molecule has 16 nitrogen and oxygen atoms in total. The predicted octanol–water partition coefficient (Wildman–Crippen LogP) is 2.85. The van der Waals surface area contributed by atoms with E-state index < -0.39 is 77.3 Å². The van der Waals surface area contributed by atoms with Crippen LogP contribution < -0.4 is 32.3 Å². The number of amides is 7. The first-order valence-electron chi connectivity index (χ1n) is 22.1. The number of aliphatic hydroxyl groups excluding tert-OH is 2. The molecule has 1 rings (SSSR count). The van der Waals surface area contributed by atoms with Gasteiger partial charge in [-0.3, -0.25) is 33.6 Å². The Kier molecular flexibility index (Phi) is 25.1. The lowest BCUT2D eigenvalue weighted by atomic mass is 10.0. The molecule has 340 valence electrons. The summed E-state index contributed by atoms with van der Waals surface area (Å²) in [6.45, 7) is 13.8. The van der Waals surface area contributed by atoms with Gasteiger partial charge in [0.1, 0.15) is 29.7 Å². The molecule has 59 heavy (non-hydrogen) atoms. The van der Waals surface area contributed by atoms with Crippen LogP contribution >= 0.6 is 0 Å². The summed E-state index contributed by atoms with van der Waals surface area (Å²) in [5.74, 6) is -4.11. The molecule has 0 spiro atoms. The standard InChI is InChI=1S/C43H79N7O9/c1-9-10-11-12-13-14-15-16-17-18-19-20-37(54)49-43(7,8)42(59)50-26-32(52)25-35(50)41(58)48-34(24-29(4)5)40(57)45-30(6)38(55)47-33(21-22-36(44)53)39(56)46-31(27-51)23-28(2)3/h28-35,51-52H,9-27H2,1-8H3,(H2,44,53)(H,45,57)(H,46,56)(H,47,55)(H,48,58)(H,49,54)/t30-,31-,32+,33-,34-,35-/m0/s1. The number of rotatable bonds is 30. The van der Waals surface area contributed by atoms with E-state index in [4.69, 9.17) is 5.73 Å². The fraction of sp³-hybridized carbons (Fsp3) is 0.837. The molecule has 9 N–H and O–H groups in total. The molecular formula is C43H79N7O9. The fourth-order valence-electron chi connectivity index (χ4n) is 7.31. The SMILES string of the molecule is CCCCCCCCCCCCCC(=O)NC(C)(C)C(=O)N1C[C@H](O)C[C@H]1C(=O)N[C@@H](CC(C)C)C(=O)N[C@@H](C)C(=O)N[C@@H](CCC(N)=O)C(=O)N[C@H](CO)CC(C)C. The number of nitrogens with two attached hydrogens (primary N) is 1. The third kappa shape index (κ3) is 21.3. The van der Waals surface area contributed by atoms with Gasteiger partial charge in [0.15, 0.2) is 0 Å². The van der Waals surface area contributed by atoms with E-state index >= 15 is 0 Å². The fourth-order valence-corrected chi connectivity index (χ4v) is 7.31. The van der Waals surface area contributed by atoms with Crippen LogP contribution in [0, 0.1) is 11.8 Å². The Morgan fingerprint density at radius 2 is 1.25 bits per heavy atom. The van der Waals surface area contributed by atoms with Gasteiger partial charge in [-0.1, -0.05) is 98.8 Å². The van der Waals surface area contributed by atoms with Gasteiger partial charge >= 0.3 is 0 Å². The number of nitrogens with zero attached hydrogens (tertiary/aromatic N) is 1. The molecule has 0 aliphatic carbocycles. The Balaban J connectivity index is 2.88. The van der Waals surface area contributed by atoms with Gasteiger partial charge in [0.05, 0.1) is 18.8 Å². The van der Waals surface area contributed by atoms with Crippen LogP contribution in [-0.4, -0.2) is 111 Å². The first-order valence-corrected chi connectivity index (χ1v) is 22.1. The van der Waals surface area contributed by atoms with Gasteiger partial charge in [0, 0.05) is 25.8 Å². The van der Waals surface area contributed by atoms with Crippen molar-refractivity contribution in [1.29, 1.82) is 0 Å². The first-order chi connectivity index (χ1) is 27.7. The van der Waals surface area contributed by atoms with Crippen molar-refractivity contribution in [1.82, 2.24) is 31.5 Å². The number of β-amino-alcohol motifs (C(OH)–C–C–N with tert-alkyl or cyclic N) is 1. The smallest absolute Gasteiger partial charge is 0.248 e. The summed E-state index contributed by atoms with van der Waals surface area (Å²) in [4.78, 5) is 93.2. The van der Waals surface area contributed by atoms with Crippen molar-refractivity contribution >= 4 is 41.4 Å². The first kappa shape index (κ1) is 53.2. The highest BCUT2D eigenvalue weighted by Crippen LogP contribution is 2.23. The van der Waals surface area contributed by atoms with Gasteiger partial charge in [-0.25, -0.2) is 0 Å². The van der Waals surface area contributed by atoms with Crippen LogP contribution in [0.5, 0.6) is 0 Å². The van der Waals surface area contributed by atoms with E-state index in [-0.39, 0.29) is 63.0 Å². The molecule has 16 heteroatoms. The average molecular weight is 838 g/mol. The third-order valence-corrected chi connectivity index (χ3v) is 10.6. The molecule has 0 aromatic rings. The second kappa shape index (κ2) is 27.9. The second-order valence-corrected chi connectivity index (χ2v) is 17.8. The zero-order valence-corrected chi connectivity index (χ0v) is 37.3. The lowest BCUT2D eigenvalue weighted by Crippen LogP contribution is -2.60. The molecule has 1 aliphatic rings. The van der Waals surface area contributed by atoms with Crippen LogP contribution in [0.25, 0.3) is 0 Å². The average Bonchev–Trinajstić information content (AvgIpc) is 3.54. The zero-order chi connectivity index (χ0) is 44.7. The van der Waals surface area contributed by atoms with Gasteiger partial charge < -0.3 is 47.4 Å². The van der Waals surface area contributed by atoms with E-state index in [1.54, 1.807) is 13.8 Å². The van der Waals surface area contributed by atoms with Crippen molar-refractivity contribution in [3.05, 3.63) is 0 Å². The Morgan fingerprint density at radius 3 is 1.78 bits per heavy atom. The van der Waals surface area contributed by atoms with E-state index in [9.17, 15) is 43.8 Å². The number of likely N-dealkylation sites (tertiary alicyclic amines) is 1. The highest BCUT2D eigenvalue weighted by atomic mass is 16.3. The van der Waals surface area contributed by atoms with Crippen molar-refractivity contribution in [2.24, 2.45) is 17.6 Å². The molecular weight excluding hydrogens is 759 g/mol. The molecule has 0 saturated carbocycles. The number of hydrogen-bond acceptors (Lipinski definition) is 9. The van der Waals surface area contributed by atoms with Crippen molar-refractivity contribution < 1.29 is 43.8 Å². The van der Waals surface area contributed by atoms with Gasteiger partial charge in [0.2, 0.25) is 41.4 Å². The summed E-state index contributed by atoms with van der Waals surface area (Å²) in [7, 11) is 0. The molecule has 0 unspecified atom stereocenters. The lowest BCUT2D eigenvalue weighted by molar-refractivity contribution is -0.145. The van der Waals surface area contributed by atoms with Crippen LogP contribution in [0.1, 0.15) is 165 Å². The zero-order valence-electron chi connectivity index (χ0n) is 37.3. The number of nitrogens with one attached hydrogen (secondary N) is 5. The predicted molar refractivity (Wildman–Crippen MR) is 227 cm³/mol. The van der Waals surface area contributed by atoms with Gasteiger partial charge in [-0.05, 0) is 58.3 Å². The molecule has 1 fully saturated rings. The largest absolute Gasteiger partial charge is 0.394 e. The summed E-state index contributed by atoms with van der Waals surface area (Å²) in [5.41, 5.74) is 3.93. The van der Waals surface area contributed by atoms with Crippen LogP contribution in [0.4, 0.5) is 0 Å². The monoisotopic (exact) mass is 838 g/mol. The number of primary amides is 1. The Morgan fingerprint density at radius 1 is 0.712 bits per heavy atom. The van der Waals surface area contributed by atoms with Crippen molar-refractivity contribution in [3.8, 4) is 0 Å². The molecule has 0 aromatic carbocycles. The highest BCUT2D eigenvalue weighted by molar-refractivity contribution is 5.97. The minimum atomic E-state index is -1.37. The Bertz CT molecular complexity index is 1340. The molecule has 1 aliphatic heterocycles. The lowest BCUT2D eigenvalue weighted by Gasteiger charge is -2.33. The molecule has 7 amide bonds. The topological polar surface area (TPSA) is 249 Å². The molecule has 0 radical (unpaired) electrons. The molecule has 1 saturated heterocycles. The maximum absolute atomic E-state index is 13.8. The number of unbranched alkanes of at least 4 members (excludes halogenated alkanes) is 10. The van der Waals surface area contributed by atoms with Crippen LogP contribution in [0.3, 0.4) is 0 Å². The summed E-state index contributed by atoms with van der Waals surface area (Å²) >= 11 is 0. The van der Waals surface area contributed by atoms with Gasteiger partial charge in [-0.2, -0.15) is 0 Å². The van der Waals surface area contributed by atoms with Crippen molar-refractivity contribution in [3.63, 3.8) is 0 Å². The Labute approximate surface area is 353 Å². The number of hydrogen-bond donors (Lipinski definition) is 8. The van der Waals surface area contributed by atoms with Gasteiger partial charge in [-0.15, -0.1) is 0 Å². The van der Waals surface area contributed by atoms with E-state index in [0.717, 1.165) is 19.3 Å². The third-order valence-electron chi connectivity index (χ3n) is 10.6. The Hall–Kier alpha value is -3.79. The van der Waals surface area contributed by atoms with Crippen LogP contribution in [-0.2, 0) is 33.6 Å². The van der Waals surface area contributed by atoms with E-state index in [1.165, 1.54) is 56.8 Å².